The summed E-state index contributed by atoms with van der Waals surface area (Å²) in [5.74, 6) is -0.440. The van der Waals surface area contributed by atoms with Crippen LogP contribution in [0.2, 0.25) is 0 Å². The van der Waals surface area contributed by atoms with Crippen LogP contribution in [-0.4, -0.2) is 8.42 Å². The summed E-state index contributed by atoms with van der Waals surface area (Å²) in [6.45, 7) is 1.82. The molecule has 6 heteroatoms. The smallest absolute Gasteiger partial charge is 0.207 e. The molecule has 3 nitrogen and oxygen atoms in total. The second-order valence-corrected chi connectivity index (χ2v) is 6.58. The Labute approximate surface area is 109 Å². The third-order valence-corrected chi connectivity index (χ3v) is 4.88. The number of thiophene rings is 1. The molecular formula is C12H12FNO2S2. The van der Waals surface area contributed by atoms with Crippen molar-refractivity contribution in [1.82, 2.24) is 4.72 Å². The van der Waals surface area contributed by atoms with E-state index in [0.29, 0.717) is 5.56 Å². The lowest BCUT2D eigenvalue weighted by atomic mass is 10.2. The molecule has 1 aromatic carbocycles. The zero-order chi connectivity index (χ0) is 13.2. The number of aryl methyl sites for hydroxylation is 1. The lowest BCUT2D eigenvalue weighted by Crippen LogP contribution is -2.23. The number of rotatable bonds is 4. The summed E-state index contributed by atoms with van der Waals surface area (Å²) >= 11 is 1.48. The average molecular weight is 285 g/mol. The van der Waals surface area contributed by atoms with Crippen molar-refractivity contribution >= 4 is 21.4 Å². The molecule has 0 saturated heterocycles. The Morgan fingerprint density at radius 1 is 1.33 bits per heavy atom. The van der Waals surface area contributed by atoms with E-state index in [-0.39, 0.29) is 11.4 Å². The van der Waals surface area contributed by atoms with Crippen LogP contribution in [0.25, 0.3) is 0 Å². The standard InChI is InChI=1S/C12H12FNO2S2/c1-9-7-10(13)4-5-12(9)18(15,16)14-8-11-3-2-6-17-11/h2-7,14H,8H2,1H3. The molecule has 18 heavy (non-hydrogen) atoms. The number of benzene rings is 1. The quantitative estimate of drug-likeness (QED) is 0.938. The van der Waals surface area contributed by atoms with Crippen LogP contribution in [-0.2, 0) is 16.6 Å². The second kappa shape index (κ2) is 5.17. The molecule has 2 rings (SSSR count). The highest BCUT2D eigenvalue weighted by atomic mass is 32.2. The van der Waals surface area contributed by atoms with Crippen LogP contribution in [0, 0.1) is 12.7 Å². The van der Waals surface area contributed by atoms with Gasteiger partial charge in [-0.25, -0.2) is 17.5 Å². The molecule has 0 atom stereocenters. The van der Waals surface area contributed by atoms with Crippen LogP contribution < -0.4 is 4.72 Å². The molecular weight excluding hydrogens is 273 g/mol. The molecule has 0 fully saturated rings. The van der Waals surface area contributed by atoms with E-state index in [0.717, 1.165) is 10.9 Å². The SMILES string of the molecule is Cc1cc(F)ccc1S(=O)(=O)NCc1cccs1. The molecule has 0 saturated carbocycles. The molecule has 0 radical (unpaired) electrons. The number of hydrogen-bond acceptors (Lipinski definition) is 3. The van der Waals surface area contributed by atoms with E-state index in [2.05, 4.69) is 4.72 Å². The Bertz CT molecular complexity index is 636. The van der Waals surface area contributed by atoms with E-state index in [4.69, 9.17) is 0 Å². The number of nitrogens with one attached hydrogen (secondary N) is 1. The predicted molar refractivity (Wildman–Crippen MR) is 69.5 cm³/mol. The predicted octanol–water partition coefficient (Wildman–Crippen LogP) is 2.67. The fourth-order valence-electron chi connectivity index (χ4n) is 1.57. The molecule has 1 heterocycles. The van der Waals surface area contributed by atoms with Gasteiger partial charge in [-0.05, 0) is 42.1 Å². The third-order valence-electron chi connectivity index (χ3n) is 2.44. The first-order valence-electron chi connectivity index (χ1n) is 5.27. The molecule has 0 bridgehead atoms. The van der Waals surface area contributed by atoms with Crippen LogP contribution >= 0.6 is 11.3 Å². The largest absolute Gasteiger partial charge is 0.241 e. The number of sulfonamides is 1. The minimum Gasteiger partial charge on any atom is -0.207 e. The fraction of sp³-hybridized carbons (Fsp3) is 0.167. The van der Waals surface area contributed by atoms with Crippen LogP contribution in [0.5, 0.6) is 0 Å². The summed E-state index contributed by atoms with van der Waals surface area (Å²) in [6, 6.07) is 7.34. The molecule has 0 aliphatic heterocycles. The molecule has 2 aromatic rings. The summed E-state index contributed by atoms with van der Waals surface area (Å²) in [6.07, 6.45) is 0. The van der Waals surface area contributed by atoms with Crippen molar-refractivity contribution in [2.45, 2.75) is 18.4 Å². The van der Waals surface area contributed by atoms with Crippen molar-refractivity contribution in [3.05, 3.63) is 52.0 Å². The van der Waals surface area contributed by atoms with Crippen LogP contribution in [0.15, 0.2) is 40.6 Å². The van der Waals surface area contributed by atoms with Gasteiger partial charge in [0.25, 0.3) is 0 Å². The highest BCUT2D eigenvalue weighted by Gasteiger charge is 2.16. The highest BCUT2D eigenvalue weighted by Crippen LogP contribution is 2.17. The van der Waals surface area contributed by atoms with Crippen molar-refractivity contribution in [2.24, 2.45) is 0 Å². The van der Waals surface area contributed by atoms with Gasteiger partial charge in [-0.2, -0.15) is 0 Å². The fourth-order valence-corrected chi connectivity index (χ4v) is 3.54. The third kappa shape index (κ3) is 2.95. The van der Waals surface area contributed by atoms with Crippen molar-refractivity contribution in [1.29, 1.82) is 0 Å². The Balaban J connectivity index is 2.20. The minimum atomic E-state index is -3.59. The topological polar surface area (TPSA) is 46.2 Å². The maximum Gasteiger partial charge on any atom is 0.241 e. The lowest BCUT2D eigenvalue weighted by Gasteiger charge is -2.08. The normalized spacial score (nSPS) is 11.7. The van der Waals surface area contributed by atoms with Gasteiger partial charge in [0, 0.05) is 11.4 Å². The Hall–Kier alpha value is -1.24. The maximum absolute atomic E-state index is 12.9. The van der Waals surface area contributed by atoms with Crippen molar-refractivity contribution in [3.8, 4) is 0 Å². The van der Waals surface area contributed by atoms with E-state index >= 15 is 0 Å². The van der Waals surface area contributed by atoms with Gasteiger partial charge in [0.2, 0.25) is 10.0 Å². The number of hydrogen-bond donors (Lipinski definition) is 1. The summed E-state index contributed by atoms with van der Waals surface area (Å²) in [7, 11) is -3.59. The summed E-state index contributed by atoms with van der Waals surface area (Å²) < 4.78 is 39.5. The second-order valence-electron chi connectivity index (χ2n) is 3.81. The Kier molecular flexibility index (Phi) is 3.79. The van der Waals surface area contributed by atoms with Crippen LogP contribution in [0.1, 0.15) is 10.4 Å². The average Bonchev–Trinajstić information content (AvgIpc) is 2.78. The molecule has 0 aliphatic rings. The number of halogens is 1. The lowest BCUT2D eigenvalue weighted by molar-refractivity contribution is 0.580. The molecule has 0 unspecified atom stereocenters. The van der Waals surface area contributed by atoms with Gasteiger partial charge in [0.15, 0.2) is 0 Å². The maximum atomic E-state index is 12.9. The van der Waals surface area contributed by atoms with Gasteiger partial charge in [-0.3, -0.25) is 0 Å². The summed E-state index contributed by atoms with van der Waals surface area (Å²) in [4.78, 5) is 1.04. The zero-order valence-corrected chi connectivity index (χ0v) is 11.3. The summed E-state index contributed by atoms with van der Waals surface area (Å²) in [5.41, 5.74) is 0.397. The first kappa shape index (κ1) is 13.2. The van der Waals surface area contributed by atoms with E-state index in [1.54, 1.807) is 6.92 Å². The van der Waals surface area contributed by atoms with E-state index in [1.165, 1.54) is 23.5 Å². The first-order valence-corrected chi connectivity index (χ1v) is 7.63. The molecule has 1 N–H and O–H groups in total. The molecule has 0 amide bonds. The first-order chi connectivity index (χ1) is 8.49. The van der Waals surface area contributed by atoms with Gasteiger partial charge < -0.3 is 0 Å². The van der Waals surface area contributed by atoms with Gasteiger partial charge in [0.05, 0.1) is 4.90 Å². The molecule has 1 aromatic heterocycles. The van der Waals surface area contributed by atoms with Gasteiger partial charge >= 0.3 is 0 Å². The van der Waals surface area contributed by atoms with E-state index in [9.17, 15) is 12.8 Å². The van der Waals surface area contributed by atoms with E-state index < -0.39 is 15.8 Å². The van der Waals surface area contributed by atoms with Crippen LogP contribution in [0.4, 0.5) is 4.39 Å². The molecule has 96 valence electrons. The van der Waals surface area contributed by atoms with Crippen LogP contribution in [0.3, 0.4) is 0 Å². The highest BCUT2D eigenvalue weighted by molar-refractivity contribution is 7.89. The Morgan fingerprint density at radius 2 is 2.11 bits per heavy atom. The van der Waals surface area contributed by atoms with Gasteiger partial charge in [-0.1, -0.05) is 6.07 Å². The molecule has 0 aliphatic carbocycles. The summed E-state index contributed by atoms with van der Waals surface area (Å²) in [5, 5.41) is 1.88. The van der Waals surface area contributed by atoms with Gasteiger partial charge in [-0.15, -0.1) is 11.3 Å². The monoisotopic (exact) mass is 285 g/mol. The van der Waals surface area contributed by atoms with E-state index in [1.807, 2.05) is 17.5 Å². The van der Waals surface area contributed by atoms with Crippen molar-refractivity contribution in [3.63, 3.8) is 0 Å². The van der Waals surface area contributed by atoms with Crippen molar-refractivity contribution < 1.29 is 12.8 Å². The minimum absolute atomic E-state index is 0.112. The molecule has 0 spiro atoms. The van der Waals surface area contributed by atoms with Crippen molar-refractivity contribution in [2.75, 3.05) is 0 Å². The zero-order valence-electron chi connectivity index (χ0n) is 9.68. The Morgan fingerprint density at radius 3 is 2.72 bits per heavy atom. The van der Waals surface area contributed by atoms with Gasteiger partial charge in [0.1, 0.15) is 5.82 Å².